The third-order valence-corrected chi connectivity index (χ3v) is 3.36. The Balaban J connectivity index is 2.22. The summed E-state index contributed by atoms with van der Waals surface area (Å²) < 4.78 is 28.9. The Bertz CT molecular complexity index is 607. The lowest BCUT2D eigenvalue weighted by atomic mass is 10.0. The predicted octanol–water partition coefficient (Wildman–Crippen LogP) is 2.31. The van der Waals surface area contributed by atoms with Gasteiger partial charge in [0.05, 0.1) is 0 Å². The fourth-order valence-corrected chi connectivity index (χ4v) is 2.47. The molecule has 1 aliphatic carbocycles. The number of halogens is 2. The van der Waals surface area contributed by atoms with Crippen LogP contribution < -0.4 is 0 Å². The highest BCUT2D eigenvalue weighted by atomic mass is 19.3. The van der Waals surface area contributed by atoms with Crippen molar-refractivity contribution in [1.29, 1.82) is 0 Å². The van der Waals surface area contributed by atoms with E-state index in [0.29, 0.717) is 22.5 Å². The second-order valence-electron chi connectivity index (χ2n) is 4.58. The SMILES string of the molecule is Cn1ccnc1-c1cccc2c1C(O)C(F)(F)C2. The molecule has 0 bridgehead atoms. The van der Waals surface area contributed by atoms with Crippen LogP contribution in [0, 0.1) is 0 Å². The normalized spacial score (nSPS) is 21.0. The zero-order chi connectivity index (χ0) is 12.9. The van der Waals surface area contributed by atoms with Gasteiger partial charge in [0.15, 0.2) is 0 Å². The van der Waals surface area contributed by atoms with E-state index < -0.39 is 18.4 Å². The minimum Gasteiger partial charge on any atom is -0.382 e. The average Bonchev–Trinajstić information content (AvgIpc) is 2.82. The Kier molecular flexibility index (Phi) is 2.28. The lowest BCUT2D eigenvalue weighted by Gasteiger charge is -2.15. The van der Waals surface area contributed by atoms with Crippen LogP contribution in [0.3, 0.4) is 0 Å². The molecule has 94 valence electrons. The van der Waals surface area contributed by atoms with E-state index >= 15 is 0 Å². The molecule has 0 saturated carbocycles. The van der Waals surface area contributed by atoms with Crippen LogP contribution in [0.4, 0.5) is 8.78 Å². The van der Waals surface area contributed by atoms with E-state index in [1.165, 1.54) is 0 Å². The van der Waals surface area contributed by atoms with Crippen molar-refractivity contribution in [3.05, 3.63) is 41.7 Å². The molecule has 3 rings (SSSR count). The maximum absolute atomic E-state index is 13.6. The molecule has 3 nitrogen and oxygen atoms in total. The van der Waals surface area contributed by atoms with Gasteiger partial charge in [-0.15, -0.1) is 0 Å². The van der Waals surface area contributed by atoms with Gasteiger partial charge in [0.2, 0.25) is 0 Å². The number of fused-ring (bicyclic) bond motifs is 1. The molecule has 0 saturated heterocycles. The van der Waals surface area contributed by atoms with Gasteiger partial charge in [-0.3, -0.25) is 0 Å². The van der Waals surface area contributed by atoms with Gasteiger partial charge in [-0.1, -0.05) is 18.2 Å². The Morgan fingerprint density at radius 3 is 2.89 bits per heavy atom. The van der Waals surface area contributed by atoms with E-state index in [1.54, 1.807) is 42.2 Å². The number of aliphatic hydroxyl groups is 1. The van der Waals surface area contributed by atoms with Crippen LogP contribution in [0.1, 0.15) is 17.2 Å². The minimum absolute atomic E-state index is 0.303. The standard InChI is InChI=1S/C13H12F2N2O/c1-17-6-5-16-12(17)9-4-2-3-8-7-13(14,15)11(18)10(8)9/h2-6,11,18H,7H2,1H3. The summed E-state index contributed by atoms with van der Waals surface area (Å²) in [4.78, 5) is 4.15. The summed E-state index contributed by atoms with van der Waals surface area (Å²) >= 11 is 0. The number of imidazole rings is 1. The summed E-state index contributed by atoms with van der Waals surface area (Å²) in [5, 5.41) is 9.79. The summed E-state index contributed by atoms with van der Waals surface area (Å²) in [5.74, 6) is -2.51. The number of nitrogens with zero attached hydrogens (tertiary/aromatic N) is 2. The Morgan fingerprint density at radius 1 is 1.44 bits per heavy atom. The van der Waals surface area contributed by atoms with Crippen LogP contribution in [-0.4, -0.2) is 20.6 Å². The molecule has 1 aliphatic rings. The molecule has 0 aliphatic heterocycles. The fraction of sp³-hybridized carbons (Fsp3) is 0.308. The summed E-state index contributed by atoms with van der Waals surface area (Å²) in [6, 6.07) is 5.06. The van der Waals surface area contributed by atoms with Gasteiger partial charge in [0, 0.05) is 37.0 Å². The summed E-state index contributed by atoms with van der Waals surface area (Å²) in [7, 11) is 1.79. The van der Waals surface area contributed by atoms with Gasteiger partial charge in [-0.05, 0) is 5.56 Å². The third kappa shape index (κ3) is 1.47. The fourth-order valence-electron chi connectivity index (χ4n) is 2.47. The van der Waals surface area contributed by atoms with Crippen LogP contribution in [-0.2, 0) is 13.5 Å². The van der Waals surface area contributed by atoms with Crippen molar-refractivity contribution < 1.29 is 13.9 Å². The van der Waals surface area contributed by atoms with Crippen LogP contribution in [0.25, 0.3) is 11.4 Å². The van der Waals surface area contributed by atoms with Crippen molar-refractivity contribution in [3.63, 3.8) is 0 Å². The molecule has 1 N–H and O–H groups in total. The van der Waals surface area contributed by atoms with Crippen molar-refractivity contribution in [2.45, 2.75) is 18.4 Å². The maximum atomic E-state index is 13.6. The molecule has 1 aromatic heterocycles. The van der Waals surface area contributed by atoms with Gasteiger partial charge >= 0.3 is 0 Å². The molecule has 0 radical (unpaired) electrons. The molecule has 1 aromatic carbocycles. The molecule has 2 aromatic rings. The quantitative estimate of drug-likeness (QED) is 0.843. The van der Waals surface area contributed by atoms with Crippen molar-refractivity contribution in [2.75, 3.05) is 0 Å². The van der Waals surface area contributed by atoms with Gasteiger partial charge in [0.25, 0.3) is 5.92 Å². The predicted molar refractivity (Wildman–Crippen MR) is 62.3 cm³/mol. The van der Waals surface area contributed by atoms with Crippen molar-refractivity contribution in [3.8, 4) is 11.4 Å². The number of aromatic nitrogens is 2. The molecule has 1 atom stereocenters. The van der Waals surface area contributed by atoms with Crippen molar-refractivity contribution in [2.24, 2.45) is 7.05 Å². The van der Waals surface area contributed by atoms with E-state index in [4.69, 9.17) is 0 Å². The Morgan fingerprint density at radius 2 is 2.22 bits per heavy atom. The summed E-state index contributed by atoms with van der Waals surface area (Å²) in [6.07, 6.45) is 1.19. The minimum atomic E-state index is -3.09. The van der Waals surface area contributed by atoms with Gasteiger partial charge in [-0.25, -0.2) is 13.8 Å². The lowest BCUT2D eigenvalue weighted by Crippen LogP contribution is -2.21. The van der Waals surface area contributed by atoms with Crippen molar-refractivity contribution >= 4 is 0 Å². The van der Waals surface area contributed by atoms with Gasteiger partial charge in [0.1, 0.15) is 11.9 Å². The number of alkyl halides is 2. The third-order valence-electron chi connectivity index (χ3n) is 3.36. The van der Waals surface area contributed by atoms with E-state index in [0.717, 1.165) is 0 Å². The summed E-state index contributed by atoms with van der Waals surface area (Å²) in [6.45, 7) is 0. The molecular formula is C13H12F2N2O. The first-order valence-corrected chi connectivity index (χ1v) is 5.66. The van der Waals surface area contributed by atoms with Gasteiger partial charge in [-0.2, -0.15) is 0 Å². The molecule has 1 unspecified atom stereocenters. The molecule has 0 fully saturated rings. The number of hydrogen-bond acceptors (Lipinski definition) is 2. The second-order valence-corrected chi connectivity index (χ2v) is 4.58. The van der Waals surface area contributed by atoms with E-state index in [1.807, 2.05) is 0 Å². The number of rotatable bonds is 1. The van der Waals surface area contributed by atoms with E-state index in [9.17, 15) is 13.9 Å². The monoisotopic (exact) mass is 250 g/mol. The largest absolute Gasteiger partial charge is 0.382 e. The van der Waals surface area contributed by atoms with Gasteiger partial charge < -0.3 is 9.67 Å². The first-order valence-electron chi connectivity index (χ1n) is 5.66. The summed E-state index contributed by atoms with van der Waals surface area (Å²) in [5.41, 5.74) is 1.37. The maximum Gasteiger partial charge on any atom is 0.281 e. The number of aliphatic hydroxyl groups excluding tert-OH is 1. The molecular weight excluding hydrogens is 238 g/mol. The number of aryl methyl sites for hydroxylation is 1. The van der Waals surface area contributed by atoms with Crippen LogP contribution in [0.5, 0.6) is 0 Å². The van der Waals surface area contributed by atoms with Crippen LogP contribution >= 0.6 is 0 Å². The highest BCUT2D eigenvalue weighted by Gasteiger charge is 2.48. The zero-order valence-electron chi connectivity index (χ0n) is 9.77. The highest BCUT2D eigenvalue weighted by Crippen LogP contribution is 2.46. The van der Waals surface area contributed by atoms with E-state index in [-0.39, 0.29) is 0 Å². The lowest BCUT2D eigenvalue weighted by molar-refractivity contribution is -0.0966. The Hall–Kier alpha value is -1.75. The molecule has 1 heterocycles. The molecule has 0 spiro atoms. The Labute approximate surface area is 103 Å². The molecule has 5 heteroatoms. The van der Waals surface area contributed by atoms with Crippen LogP contribution in [0.15, 0.2) is 30.6 Å². The van der Waals surface area contributed by atoms with Crippen molar-refractivity contribution in [1.82, 2.24) is 9.55 Å². The number of hydrogen-bond donors (Lipinski definition) is 1. The zero-order valence-corrected chi connectivity index (χ0v) is 9.77. The topological polar surface area (TPSA) is 38.0 Å². The van der Waals surface area contributed by atoms with Crippen LogP contribution in [0.2, 0.25) is 0 Å². The average molecular weight is 250 g/mol. The first-order chi connectivity index (χ1) is 8.50. The molecule has 0 amide bonds. The smallest absolute Gasteiger partial charge is 0.281 e. The highest BCUT2D eigenvalue weighted by molar-refractivity contribution is 5.65. The first kappa shape index (κ1) is 11.3. The van der Waals surface area contributed by atoms with E-state index in [2.05, 4.69) is 4.98 Å². The molecule has 18 heavy (non-hydrogen) atoms. The number of benzene rings is 1. The second kappa shape index (κ2) is 3.62.